The molecule has 1 N–H and O–H groups in total. The number of fused-ring (bicyclic) bond motifs is 2. The van der Waals surface area contributed by atoms with Crippen LogP contribution in [-0.2, 0) is 11.2 Å². The van der Waals surface area contributed by atoms with Crippen LogP contribution in [0.25, 0.3) is 10.8 Å². The van der Waals surface area contributed by atoms with Gasteiger partial charge in [0, 0.05) is 16.3 Å². The molecule has 2 aliphatic rings. The molecule has 4 nitrogen and oxygen atoms in total. The average Bonchev–Trinajstić information content (AvgIpc) is 3.41. The second-order valence-corrected chi connectivity index (χ2v) is 9.33. The number of aliphatic carboxylic acids is 1. The monoisotopic (exact) mass is 455 g/mol. The Labute approximate surface area is 174 Å². The fourth-order valence-electron chi connectivity index (χ4n) is 4.16. The van der Waals surface area contributed by atoms with Crippen LogP contribution in [0.4, 0.5) is 0 Å². The number of nitrogens with zero attached hydrogens (tertiary/aromatic N) is 1. The van der Waals surface area contributed by atoms with Crippen LogP contribution in [0.2, 0.25) is 0 Å². The maximum Gasteiger partial charge on any atom is 0.327 e. The van der Waals surface area contributed by atoms with Gasteiger partial charge in [-0.1, -0.05) is 46.3 Å². The quantitative estimate of drug-likeness (QED) is 0.603. The summed E-state index contributed by atoms with van der Waals surface area (Å²) < 4.78 is 2.56. The van der Waals surface area contributed by atoms with Crippen LogP contribution in [0, 0.1) is 0 Å². The second kappa shape index (κ2) is 6.78. The highest BCUT2D eigenvalue weighted by atomic mass is 79.9. The number of halogens is 1. The highest BCUT2D eigenvalue weighted by Crippen LogP contribution is 2.48. The number of rotatable bonds is 4. The van der Waals surface area contributed by atoms with E-state index in [0.29, 0.717) is 18.1 Å². The van der Waals surface area contributed by atoms with Crippen LogP contribution in [0.1, 0.15) is 41.5 Å². The van der Waals surface area contributed by atoms with Gasteiger partial charge in [0.25, 0.3) is 5.56 Å². The van der Waals surface area contributed by atoms with Crippen LogP contribution < -0.4 is 5.56 Å². The first kappa shape index (κ1) is 18.0. The van der Waals surface area contributed by atoms with Crippen molar-refractivity contribution in [3.63, 3.8) is 0 Å². The van der Waals surface area contributed by atoms with Crippen molar-refractivity contribution >= 4 is 44.4 Å². The van der Waals surface area contributed by atoms with Gasteiger partial charge in [0.15, 0.2) is 0 Å². The van der Waals surface area contributed by atoms with Gasteiger partial charge in [-0.3, -0.25) is 9.36 Å². The molecule has 3 aromatic rings. The number of benzene rings is 2. The molecular weight excluding hydrogens is 438 g/mol. The predicted molar refractivity (Wildman–Crippen MR) is 115 cm³/mol. The number of thioether (sulfide) groups is 1. The summed E-state index contributed by atoms with van der Waals surface area (Å²) in [5.41, 5.74) is 3.22. The lowest BCUT2D eigenvalue weighted by Gasteiger charge is -2.17. The van der Waals surface area contributed by atoms with E-state index in [2.05, 4.69) is 40.2 Å². The number of carboxylic acids is 1. The van der Waals surface area contributed by atoms with Crippen molar-refractivity contribution in [2.75, 3.05) is 5.75 Å². The third-order valence-electron chi connectivity index (χ3n) is 5.63. The van der Waals surface area contributed by atoms with Gasteiger partial charge in [-0.2, -0.15) is 0 Å². The highest BCUT2D eigenvalue weighted by molar-refractivity contribution is 9.10. The van der Waals surface area contributed by atoms with Gasteiger partial charge >= 0.3 is 5.97 Å². The SMILES string of the molecule is O=C(O)C1CSc2c(C3CC3)c(Cc3ccc(Br)c4ccccc34)cc(=O)n21. The minimum Gasteiger partial charge on any atom is -0.480 e. The zero-order chi connectivity index (χ0) is 19.4. The van der Waals surface area contributed by atoms with E-state index < -0.39 is 12.0 Å². The number of carboxylic acid groups (broad SMARTS) is 1. The Bertz CT molecular complexity index is 1180. The maximum absolute atomic E-state index is 12.8. The molecule has 1 aromatic heterocycles. The smallest absolute Gasteiger partial charge is 0.327 e. The predicted octanol–water partition coefficient (Wildman–Crippen LogP) is 4.96. The molecular formula is C22H18BrNO3S. The molecule has 0 saturated heterocycles. The number of aromatic nitrogens is 1. The van der Waals surface area contributed by atoms with E-state index in [4.69, 9.17) is 0 Å². The molecule has 5 rings (SSSR count). The van der Waals surface area contributed by atoms with Crippen molar-refractivity contribution in [3.8, 4) is 0 Å². The standard InChI is InChI=1S/C22H18BrNO3S/c23-17-8-7-13(15-3-1-2-4-16(15)17)9-14-10-19(25)24-18(22(26)27)11-28-21(24)20(14)12-5-6-12/h1-4,7-8,10,12,18H,5-6,9,11H2,(H,26,27). The van der Waals surface area contributed by atoms with Crippen LogP contribution in [-0.4, -0.2) is 21.4 Å². The number of pyridine rings is 1. The first-order valence-electron chi connectivity index (χ1n) is 9.34. The van der Waals surface area contributed by atoms with Crippen molar-refractivity contribution in [2.45, 2.75) is 36.2 Å². The highest BCUT2D eigenvalue weighted by Gasteiger charge is 2.37. The third-order valence-corrected chi connectivity index (χ3v) is 7.50. The molecule has 1 unspecified atom stereocenters. The number of carbonyl (C=O) groups is 1. The minimum absolute atomic E-state index is 0.201. The van der Waals surface area contributed by atoms with Crippen LogP contribution in [0.3, 0.4) is 0 Å². The van der Waals surface area contributed by atoms with Gasteiger partial charge in [0.1, 0.15) is 6.04 Å². The van der Waals surface area contributed by atoms with Crippen molar-refractivity contribution in [3.05, 3.63) is 74.0 Å². The summed E-state index contributed by atoms with van der Waals surface area (Å²) in [6, 6.07) is 13.4. The number of hydrogen-bond donors (Lipinski definition) is 1. The molecule has 1 atom stereocenters. The summed E-state index contributed by atoms with van der Waals surface area (Å²) in [4.78, 5) is 24.4. The zero-order valence-electron chi connectivity index (χ0n) is 15.0. The third kappa shape index (κ3) is 2.90. The molecule has 2 aromatic carbocycles. The Kier molecular flexibility index (Phi) is 4.36. The fraction of sp³-hybridized carbons (Fsp3) is 0.273. The Morgan fingerprint density at radius 3 is 2.61 bits per heavy atom. The molecule has 0 amide bonds. The van der Waals surface area contributed by atoms with E-state index in [1.54, 1.807) is 6.07 Å². The van der Waals surface area contributed by atoms with Crippen LogP contribution in [0.5, 0.6) is 0 Å². The molecule has 1 saturated carbocycles. The van der Waals surface area contributed by atoms with E-state index in [1.807, 2.05) is 12.1 Å². The summed E-state index contributed by atoms with van der Waals surface area (Å²) in [6.07, 6.45) is 2.90. The van der Waals surface area contributed by atoms with Gasteiger partial charge in [-0.25, -0.2) is 4.79 Å². The van der Waals surface area contributed by atoms with Crippen molar-refractivity contribution in [1.29, 1.82) is 0 Å². The van der Waals surface area contributed by atoms with Gasteiger partial charge in [-0.15, -0.1) is 11.8 Å². The van der Waals surface area contributed by atoms with Gasteiger partial charge in [0.05, 0.1) is 5.03 Å². The molecule has 0 spiro atoms. The first-order chi connectivity index (χ1) is 13.5. The molecule has 142 valence electrons. The topological polar surface area (TPSA) is 59.3 Å². The lowest BCUT2D eigenvalue weighted by molar-refractivity contribution is -0.140. The van der Waals surface area contributed by atoms with E-state index in [0.717, 1.165) is 33.3 Å². The van der Waals surface area contributed by atoms with Crippen molar-refractivity contribution in [2.24, 2.45) is 0 Å². The van der Waals surface area contributed by atoms with Gasteiger partial charge in [-0.05, 0) is 58.7 Å². The number of hydrogen-bond acceptors (Lipinski definition) is 3. The summed E-state index contributed by atoms with van der Waals surface area (Å²) in [7, 11) is 0. The molecule has 1 fully saturated rings. The summed E-state index contributed by atoms with van der Waals surface area (Å²) in [6.45, 7) is 0. The Balaban J connectivity index is 1.67. The fourth-order valence-corrected chi connectivity index (χ4v) is 6.05. The van der Waals surface area contributed by atoms with Crippen LogP contribution >= 0.6 is 27.7 Å². The van der Waals surface area contributed by atoms with E-state index >= 15 is 0 Å². The lowest BCUT2D eigenvalue weighted by atomic mass is 9.95. The molecule has 28 heavy (non-hydrogen) atoms. The largest absolute Gasteiger partial charge is 0.480 e. The Morgan fingerprint density at radius 1 is 1.14 bits per heavy atom. The Hall–Kier alpha value is -2.05. The molecule has 2 heterocycles. The summed E-state index contributed by atoms with van der Waals surface area (Å²) in [5, 5.41) is 12.7. The first-order valence-corrected chi connectivity index (χ1v) is 11.1. The van der Waals surface area contributed by atoms with Gasteiger partial charge in [0.2, 0.25) is 0 Å². The van der Waals surface area contributed by atoms with Crippen molar-refractivity contribution < 1.29 is 9.90 Å². The molecule has 1 aliphatic carbocycles. The maximum atomic E-state index is 12.8. The van der Waals surface area contributed by atoms with Gasteiger partial charge < -0.3 is 5.11 Å². The Morgan fingerprint density at radius 2 is 1.89 bits per heavy atom. The van der Waals surface area contributed by atoms with Crippen LogP contribution in [0.15, 0.2) is 56.8 Å². The van der Waals surface area contributed by atoms with E-state index in [9.17, 15) is 14.7 Å². The zero-order valence-corrected chi connectivity index (χ0v) is 17.4. The van der Waals surface area contributed by atoms with E-state index in [-0.39, 0.29) is 5.56 Å². The molecule has 0 radical (unpaired) electrons. The summed E-state index contributed by atoms with van der Waals surface area (Å²) in [5.74, 6) is -0.0602. The average molecular weight is 456 g/mol. The summed E-state index contributed by atoms with van der Waals surface area (Å²) >= 11 is 5.14. The lowest BCUT2D eigenvalue weighted by Crippen LogP contribution is -2.29. The molecule has 6 heteroatoms. The molecule has 0 bridgehead atoms. The molecule has 1 aliphatic heterocycles. The normalized spacial score (nSPS) is 18.4. The second-order valence-electron chi connectivity index (χ2n) is 7.46. The minimum atomic E-state index is -0.929. The van der Waals surface area contributed by atoms with Crippen molar-refractivity contribution in [1.82, 2.24) is 4.57 Å². The van der Waals surface area contributed by atoms with E-state index in [1.165, 1.54) is 32.8 Å².